The molecule has 3 nitrogen and oxygen atoms in total. The van der Waals surface area contributed by atoms with E-state index in [1.165, 1.54) is 0 Å². The molecule has 0 radical (unpaired) electrons. The van der Waals surface area contributed by atoms with E-state index in [0.717, 1.165) is 13.1 Å². The molecule has 0 bridgehead atoms. The summed E-state index contributed by atoms with van der Waals surface area (Å²) in [7, 11) is 1.66. The fourth-order valence-corrected chi connectivity index (χ4v) is 1.02. The van der Waals surface area contributed by atoms with Crippen LogP contribution in [0.4, 0.5) is 4.79 Å². The minimum absolute atomic E-state index is 0.0492. The van der Waals surface area contributed by atoms with Crippen LogP contribution < -0.4 is 5.32 Å². The molecule has 2 amide bonds. The molecule has 0 aromatic heterocycles. The Labute approximate surface area is 55.0 Å². The molecule has 0 saturated carbocycles. The third-order valence-corrected chi connectivity index (χ3v) is 1.57. The van der Waals surface area contributed by atoms with Crippen molar-refractivity contribution in [2.75, 3.05) is 20.1 Å². The fraction of sp³-hybridized carbons (Fsp3) is 0.833. The summed E-state index contributed by atoms with van der Waals surface area (Å²) >= 11 is 0. The van der Waals surface area contributed by atoms with E-state index >= 15 is 0 Å². The highest BCUT2D eigenvalue weighted by Gasteiger charge is 2.25. The molecule has 1 saturated heterocycles. The first-order valence-electron chi connectivity index (χ1n) is 3.20. The van der Waals surface area contributed by atoms with Crippen molar-refractivity contribution in [3.8, 4) is 0 Å². The molecule has 1 heterocycles. The van der Waals surface area contributed by atoms with Gasteiger partial charge in [-0.05, 0) is 5.92 Å². The summed E-state index contributed by atoms with van der Waals surface area (Å²) in [5, 5.41) is 2.57. The van der Waals surface area contributed by atoms with Gasteiger partial charge in [0.25, 0.3) is 0 Å². The lowest BCUT2D eigenvalue weighted by Gasteiger charge is -2.36. The molecule has 1 rings (SSSR count). The van der Waals surface area contributed by atoms with Crippen molar-refractivity contribution in [3.63, 3.8) is 0 Å². The number of carbonyl (C=O) groups is 1. The highest BCUT2D eigenvalue weighted by atomic mass is 16.2. The maximum Gasteiger partial charge on any atom is 0.317 e. The van der Waals surface area contributed by atoms with E-state index in [4.69, 9.17) is 0 Å². The average molecular weight is 128 g/mol. The van der Waals surface area contributed by atoms with E-state index in [2.05, 4.69) is 12.2 Å². The van der Waals surface area contributed by atoms with Crippen LogP contribution in [0, 0.1) is 5.92 Å². The second kappa shape index (κ2) is 2.25. The number of urea groups is 1. The summed E-state index contributed by atoms with van der Waals surface area (Å²) in [6, 6.07) is 0.0492. The van der Waals surface area contributed by atoms with Crippen LogP contribution in [-0.4, -0.2) is 31.1 Å². The smallest absolute Gasteiger partial charge is 0.317 e. The maximum absolute atomic E-state index is 10.8. The number of nitrogens with zero attached hydrogens (tertiary/aromatic N) is 1. The molecule has 0 aromatic rings. The third kappa shape index (κ3) is 1.15. The third-order valence-electron chi connectivity index (χ3n) is 1.57. The largest absolute Gasteiger partial charge is 0.341 e. The molecule has 1 aliphatic rings. The predicted molar refractivity (Wildman–Crippen MR) is 35.2 cm³/mol. The summed E-state index contributed by atoms with van der Waals surface area (Å²) in [6.07, 6.45) is 0. The molecule has 52 valence electrons. The lowest BCUT2D eigenvalue weighted by Crippen LogP contribution is -2.51. The highest BCUT2D eigenvalue weighted by Crippen LogP contribution is 2.12. The maximum atomic E-state index is 10.8. The van der Waals surface area contributed by atoms with E-state index in [1.807, 2.05) is 0 Å². The molecule has 1 aliphatic heterocycles. The second-order valence-electron chi connectivity index (χ2n) is 2.57. The molecule has 3 heteroatoms. The van der Waals surface area contributed by atoms with Crippen LogP contribution in [0.25, 0.3) is 0 Å². The van der Waals surface area contributed by atoms with E-state index < -0.39 is 0 Å². The first-order valence-corrected chi connectivity index (χ1v) is 3.20. The Hall–Kier alpha value is -0.730. The van der Waals surface area contributed by atoms with Crippen molar-refractivity contribution in [2.45, 2.75) is 6.92 Å². The topological polar surface area (TPSA) is 32.3 Å². The predicted octanol–water partition coefficient (Wildman–Crippen LogP) is 0.278. The Balaban J connectivity index is 2.23. The number of nitrogens with one attached hydrogen (secondary N) is 1. The van der Waals surface area contributed by atoms with Gasteiger partial charge < -0.3 is 10.2 Å². The van der Waals surface area contributed by atoms with Gasteiger partial charge in [-0.1, -0.05) is 6.92 Å². The molecular weight excluding hydrogens is 116 g/mol. The number of amides is 2. The zero-order valence-electron chi connectivity index (χ0n) is 5.85. The van der Waals surface area contributed by atoms with Crippen molar-refractivity contribution in [1.29, 1.82) is 0 Å². The lowest BCUT2D eigenvalue weighted by molar-refractivity contribution is 0.131. The van der Waals surface area contributed by atoms with Crippen molar-refractivity contribution in [3.05, 3.63) is 0 Å². The summed E-state index contributed by atoms with van der Waals surface area (Å²) in [6.45, 7) is 3.97. The van der Waals surface area contributed by atoms with Gasteiger partial charge in [0.05, 0.1) is 0 Å². The quantitative estimate of drug-likeness (QED) is 0.499. The average Bonchev–Trinajstić information content (AvgIpc) is 1.79. The van der Waals surface area contributed by atoms with Crippen molar-refractivity contribution in [2.24, 2.45) is 5.92 Å². The van der Waals surface area contributed by atoms with Gasteiger partial charge in [0, 0.05) is 20.1 Å². The van der Waals surface area contributed by atoms with Crippen LogP contribution in [0.2, 0.25) is 0 Å². The van der Waals surface area contributed by atoms with Crippen LogP contribution in [0.3, 0.4) is 0 Å². The van der Waals surface area contributed by atoms with E-state index in [0.29, 0.717) is 5.92 Å². The highest BCUT2D eigenvalue weighted by molar-refractivity contribution is 5.74. The van der Waals surface area contributed by atoms with Crippen molar-refractivity contribution in [1.82, 2.24) is 10.2 Å². The Morgan fingerprint density at radius 1 is 1.67 bits per heavy atom. The van der Waals surface area contributed by atoms with Gasteiger partial charge in [0.15, 0.2) is 0 Å². The van der Waals surface area contributed by atoms with Crippen LogP contribution in [0.15, 0.2) is 0 Å². The van der Waals surface area contributed by atoms with Crippen LogP contribution in [0.1, 0.15) is 6.92 Å². The molecule has 0 spiro atoms. The first-order chi connectivity index (χ1) is 4.24. The Morgan fingerprint density at radius 2 is 2.22 bits per heavy atom. The van der Waals surface area contributed by atoms with E-state index in [1.54, 1.807) is 11.9 Å². The SMILES string of the molecule is CNC(=O)N1CC(C)C1. The van der Waals surface area contributed by atoms with Crippen LogP contribution in [-0.2, 0) is 0 Å². The molecule has 0 aromatic carbocycles. The van der Waals surface area contributed by atoms with Crippen molar-refractivity contribution >= 4 is 6.03 Å². The number of hydrogen-bond acceptors (Lipinski definition) is 1. The molecule has 0 unspecified atom stereocenters. The van der Waals surface area contributed by atoms with Gasteiger partial charge in [0.1, 0.15) is 0 Å². The van der Waals surface area contributed by atoms with Crippen LogP contribution >= 0.6 is 0 Å². The summed E-state index contributed by atoms with van der Waals surface area (Å²) in [5.41, 5.74) is 0. The van der Waals surface area contributed by atoms with E-state index in [-0.39, 0.29) is 6.03 Å². The Kier molecular flexibility index (Phi) is 1.60. The monoisotopic (exact) mass is 128 g/mol. The number of carbonyl (C=O) groups excluding carboxylic acids is 1. The van der Waals surface area contributed by atoms with Gasteiger partial charge in [-0.15, -0.1) is 0 Å². The molecule has 0 atom stereocenters. The fourth-order valence-electron chi connectivity index (χ4n) is 1.02. The number of hydrogen-bond donors (Lipinski definition) is 1. The molecule has 1 fully saturated rings. The molecule has 0 aliphatic carbocycles. The summed E-state index contributed by atoms with van der Waals surface area (Å²) < 4.78 is 0. The van der Waals surface area contributed by atoms with Crippen molar-refractivity contribution < 1.29 is 4.79 Å². The lowest BCUT2D eigenvalue weighted by atomic mass is 10.0. The van der Waals surface area contributed by atoms with Gasteiger partial charge in [-0.3, -0.25) is 0 Å². The molecular formula is C6H12N2O. The van der Waals surface area contributed by atoms with Crippen LogP contribution in [0.5, 0.6) is 0 Å². The van der Waals surface area contributed by atoms with Gasteiger partial charge in [-0.25, -0.2) is 4.79 Å². The van der Waals surface area contributed by atoms with Gasteiger partial charge in [0.2, 0.25) is 0 Å². The van der Waals surface area contributed by atoms with Gasteiger partial charge >= 0.3 is 6.03 Å². The van der Waals surface area contributed by atoms with E-state index in [9.17, 15) is 4.79 Å². The summed E-state index contributed by atoms with van der Waals surface area (Å²) in [4.78, 5) is 12.6. The minimum atomic E-state index is 0.0492. The molecule has 9 heavy (non-hydrogen) atoms. The normalized spacial score (nSPS) is 19.1. The minimum Gasteiger partial charge on any atom is -0.341 e. The van der Waals surface area contributed by atoms with Gasteiger partial charge in [-0.2, -0.15) is 0 Å². The first kappa shape index (κ1) is 6.39. The number of likely N-dealkylation sites (tertiary alicyclic amines) is 1. The Morgan fingerprint density at radius 3 is 2.56 bits per heavy atom. The summed E-state index contributed by atoms with van der Waals surface area (Å²) in [5.74, 6) is 0.697. The zero-order chi connectivity index (χ0) is 6.85. The zero-order valence-corrected chi connectivity index (χ0v) is 5.85. The standard InChI is InChI=1S/C6H12N2O/c1-5-3-8(4-5)6(9)7-2/h5H,3-4H2,1-2H3,(H,7,9). The molecule has 1 N–H and O–H groups in total. The number of rotatable bonds is 0. The second-order valence-corrected chi connectivity index (χ2v) is 2.57. The Bertz CT molecular complexity index is 118.